The van der Waals surface area contributed by atoms with Gasteiger partial charge in [-0.25, -0.2) is 4.98 Å². The normalized spacial score (nSPS) is 17.1. The van der Waals surface area contributed by atoms with Crippen molar-refractivity contribution in [3.63, 3.8) is 0 Å². The zero-order chi connectivity index (χ0) is 22.5. The topological polar surface area (TPSA) is 85.8 Å². The molecule has 0 aliphatic carbocycles. The monoisotopic (exact) mass is 455 g/mol. The van der Waals surface area contributed by atoms with Crippen LogP contribution in [0, 0.1) is 0 Å². The fourth-order valence-corrected chi connectivity index (χ4v) is 4.80. The molecule has 1 aromatic heterocycles. The molecule has 8 nitrogen and oxygen atoms in total. The molecule has 0 spiro atoms. The first-order chi connectivity index (χ1) is 15.5. The summed E-state index contributed by atoms with van der Waals surface area (Å²) in [5.41, 5.74) is 1.56. The maximum absolute atomic E-state index is 12.7. The summed E-state index contributed by atoms with van der Waals surface area (Å²) in [6, 6.07) is 7.43. The number of hydrogen-bond donors (Lipinski definition) is 1. The number of thiazole rings is 1. The number of aromatic nitrogens is 1. The van der Waals surface area contributed by atoms with Gasteiger partial charge in [-0.15, -0.1) is 11.3 Å². The van der Waals surface area contributed by atoms with Crippen molar-refractivity contribution in [3.8, 4) is 10.6 Å². The molecule has 0 atom stereocenters. The first-order valence-corrected chi connectivity index (χ1v) is 11.9. The standard InChI is InChI=1S/C23H29N5O3S/c1-26-12-14-28(15-13-26)23(31)18-7-5-17(6-8-18)22-25-16-19(32-22)21(30)24-9-3-11-27-10-2-4-20(27)29/h5-8,16H,2-4,9-15H2,1H3,(H,24,30). The van der Waals surface area contributed by atoms with Crippen LogP contribution in [0.3, 0.4) is 0 Å². The predicted octanol–water partition coefficient (Wildman–Crippen LogP) is 1.94. The molecule has 3 amide bonds. The van der Waals surface area contributed by atoms with Gasteiger partial charge < -0.3 is 20.0 Å². The molecule has 9 heteroatoms. The third kappa shape index (κ3) is 5.34. The number of nitrogens with zero attached hydrogens (tertiary/aromatic N) is 4. The highest BCUT2D eigenvalue weighted by molar-refractivity contribution is 7.16. The number of likely N-dealkylation sites (N-methyl/N-ethyl adjacent to an activating group) is 1. The van der Waals surface area contributed by atoms with E-state index in [1.54, 1.807) is 6.20 Å². The Morgan fingerprint density at radius 2 is 1.84 bits per heavy atom. The number of nitrogens with one attached hydrogen (secondary N) is 1. The first kappa shape index (κ1) is 22.4. The summed E-state index contributed by atoms with van der Waals surface area (Å²) < 4.78 is 0. The van der Waals surface area contributed by atoms with Gasteiger partial charge in [0.1, 0.15) is 9.88 Å². The van der Waals surface area contributed by atoms with E-state index in [0.29, 0.717) is 30.0 Å². The lowest BCUT2D eigenvalue weighted by molar-refractivity contribution is -0.127. The van der Waals surface area contributed by atoms with Crippen LogP contribution in [0.1, 0.15) is 39.3 Å². The predicted molar refractivity (Wildman–Crippen MR) is 124 cm³/mol. The summed E-state index contributed by atoms with van der Waals surface area (Å²) in [5, 5.41) is 3.65. The molecule has 1 N–H and O–H groups in total. The molecule has 1 aromatic carbocycles. The number of piperazine rings is 1. The van der Waals surface area contributed by atoms with Gasteiger partial charge >= 0.3 is 0 Å². The zero-order valence-corrected chi connectivity index (χ0v) is 19.2. The van der Waals surface area contributed by atoms with Gasteiger partial charge in [0.25, 0.3) is 11.8 Å². The summed E-state index contributed by atoms with van der Waals surface area (Å²) in [6.07, 6.45) is 3.90. The van der Waals surface area contributed by atoms with Crippen molar-refractivity contribution in [2.75, 3.05) is 52.9 Å². The molecule has 2 saturated heterocycles. The number of carbonyl (C=O) groups is 3. The van der Waals surface area contributed by atoms with Crippen molar-refractivity contribution in [3.05, 3.63) is 40.9 Å². The van der Waals surface area contributed by atoms with Crippen LogP contribution in [0.4, 0.5) is 0 Å². The van der Waals surface area contributed by atoms with Crippen molar-refractivity contribution >= 4 is 29.1 Å². The fourth-order valence-electron chi connectivity index (χ4n) is 3.96. The average molecular weight is 456 g/mol. The second-order valence-electron chi connectivity index (χ2n) is 8.30. The number of hydrogen-bond acceptors (Lipinski definition) is 6. The Bertz CT molecular complexity index is 966. The molecule has 2 aliphatic heterocycles. The van der Waals surface area contributed by atoms with Crippen LogP contribution in [-0.4, -0.2) is 90.3 Å². The van der Waals surface area contributed by atoms with Gasteiger partial charge in [-0.2, -0.15) is 0 Å². The van der Waals surface area contributed by atoms with Crippen molar-refractivity contribution in [2.24, 2.45) is 0 Å². The molecule has 3 heterocycles. The smallest absolute Gasteiger partial charge is 0.263 e. The number of rotatable bonds is 7. The van der Waals surface area contributed by atoms with Gasteiger partial charge in [0, 0.05) is 63.4 Å². The summed E-state index contributed by atoms with van der Waals surface area (Å²) in [5.74, 6) is 0.113. The molecule has 4 rings (SSSR count). The quantitative estimate of drug-likeness (QED) is 0.645. The fraction of sp³-hybridized carbons (Fsp3) is 0.478. The largest absolute Gasteiger partial charge is 0.351 e. The van der Waals surface area contributed by atoms with Crippen LogP contribution in [0.25, 0.3) is 10.6 Å². The highest BCUT2D eigenvalue weighted by Crippen LogP contribution is 2.26. The molecular formula is C23H29N5O3S. The molecular weight excluding hydrogens is 426 g/mol. The summed E-state index contributed by atoms with van der Waals surface area (Å²) in [4.78, 5) is 47.6. The second kappa shape index (κ2) is 10.2. The van der Waals surface area contributed by atoms with E-state index in [-0.39, 0.29) is 17.7 Å². The van der Waals surface area contributed by atoms with E-state index in [0.717, 1.165) is 56.1 Å². The molecule has 0 saturated carbocycles. The second-order valence-corrected chi connectivity index (χ2v) is 9.33. The van der Waals surface area contributed by atoms with Crippen LogP contribution in [0.15, 0.2) is 30.5 Å². The van der Waals surface area contributed by atoms with Crippen LogP contribution < -0.4 is 5.32 Å². The van der Waals surface area contributed by atoms with Gasteiger partial charge in [0.15, 0.2) is 0 Å². The van der Waals surface area contributed by atoms with E-state index < -0.39 is 0 Å². The SMILES string of the molecule is CN1CCN(C(=O)c2ccc(-c3ncc(C(=O)NCCCN4CCCC4=O)s3)cc2)CC1. The van der Waals surface area contributed by atoms with E-state index in [4.69, 9.17) is 0 Å². The maximum atomic E-state index is 12.7. The molecule has 0 bridgehead atoms. The Balaban J connectivity index is 1.28. The lowest BCUT2D eigenvalue weighted by atomic mass is 10.1. The van der Waals surface area contributed by atoms with Gasteiger partial charge in [0.2, 0.25) is 5.91 Å². The Morgan fingerprint density at radius 3 is 2.53 bits per heavy atom. The number of benzene rings is 1. The lowest BCUT2D eigenvalue weighted by Crippen LogP contribution is -2.47. The van der Waals surface area contributed by atoms with E-state index in [9.17, 15) is 14.4 Å². The van der Waals surface area contributed by atoms with Crippen molar-refractivity contribution in [1.29, 1.82) is 0 Å². The average Bonchev–Trinajstić information content (AvgIpc) is 3.46. The number of likely N-dealkylation sites (tertiary alicyclic amines) is 1. The maximum Gasteiger partial charge on any atom is 0.263 e. The third-order valence-electron chi connectivity index (χ3n) is 5.96. The van der Waals surface area contributed by atoms with Gasteiger partial charge in [-0.05, 0) is 32.0 Å². The van der Waals surface area contributed by atoms with Crippen molar-refractivity contribution in [2.45, 2.75) is 19.3 Å². The summed E-state index contributed by atoms with van der Waals surface area (Å²) in [7, 11) is 2.07. The Hall–Kier alpha value is -2.78. The minimum absolute atomic E-state index is 0.0551. The van der Waals surface area contributed by atoms with Gasteiger partial charge in [-0.3, -0.25) is 14.4 Å². The third-order valence-corrected chi connectivity index (χ3v) is 7.01. The molecule has 170 valence electrons. The minimum Gasteiger partial charge on any atom is -0.351 e. The van der Waals surface area contributed by atoms with Crippen molar-refractivity contribution in [1.82, 2.24) is 25.0 Å². The van der Waals surface area contributed by atoms with E-state index >= 15 is 0 Å². The van der Waals surface area contributed by atoms with Crippen LogP contribution >= 0.6 is 11.3 Å². The summed E-state index contributed by atoms with van der Waals surface area (Å²) in [6.45, 7) is 5.32. The van der Waals surface area contributed by atoms with E-state index in [1.165, 1.54) is 11.3 Å². The molecule has 0 unspecified atom stereocenters. The van der Waals surface area contributed by atoms with Crippen LogP contribution in [0.2, 0.25) is 0 Å². The van der Waals surface area contributed by atoms with Gasteiger partial charge in [-0.1, -0.05) is 12.1 Å². The van der Waals surface area contributed by atoms with Crippen LogP contribution in [-0.2, 0) is 4.79 Å². The zero-order valence-electron chi connectivity index (χ0n) is 18.4. The van der Waals surface area contributed by atoms with E-state index in [2.05, 4.69) is 22.2 Å². The molecule has 2 aromatic rings. The molecule has 2 fully saturated rings. The summed E-state index contributed by atoms with van der Waals surface area (Å²) >= 11 is 1.33. The van der Waals surface area contributed by atoms with E-state index in [1.807, 2.05) is 34.1 Å². The Kier molecular flexibility index (Phi) is 7.16. The molecule has 0 radical (unpaired) electrons. The molecule has 2 aliphatic rings. The number of carbonyl (C=O) groups excluding carboxylic acids is 3. The Labute approximate surface area is 192 Å². The first-order valence-electron chi connectivity index (χ1n) is 11.1. The van der Waals surface area contributed by atoms with Gasteiger partial charge in [0.05, 0.1) is 6.20 Å². The minimum atomic E-state index is -0.150. The highest BCUT2D eigenvalue weighted by atomic mass is 32.1. The molecule has 32 heavy (non-hydrogen) atoms. The van der Waals surface area contributed by atoms with Crippen LogP contribution in [0.5, 0.6) is 0 Å². The lowest BCUT2D eigenvalue weighted by Gasteiger charge is -2.32. The highest BCUT2D eigenvalue weighted by Gasteiger charge is 2.21. The Morgan fingerprint density at radius 1 is 1.09 bits per heavy atom. The van der Waals surface area contributed by atoms with Crippen molar-refractivity contribution < 1.29 is 14.4 Å². The number of amides is 3.